The molecule has 0 aliphatic rings. The Morgan fingerprint density at radius 3 is 2.42 bits per heavy atom. The van der Waals surface area contributed by atoms with Crippen LogP contribution in [0.25, 0.3) is 0 Å². The Hall–Kier alpha value is -1.29. The zero-order chi connectivity index (χ0) is 13.8. The van der Waals surface area contributed by atoms with Crippen molar-refractivity contribution in [3.8, 4) is 0 Å². The van der Waals surface area contributed by atoms with E-state index in [4.69, 9.17) is 23.2 Å². The molecule has 100 valence electrons. The lowest BCUT2D eigenvalue weighted by Crippen LogP contribution is -2.12. The normalized spacial score (nSPS) is 12.2. The first kappa shape index (κ1) is 14.1. The minimum absolute atomic E-state index is 0.0472. The van der Waals surface area contributed by atoms with E-state index in [-0.39, 0.29) is 5.02 Å². The lowest BCUT2D eigenvalue weighted by Gasteiger charge is -2.13. The summed E-state index contributed by atoms with van der Waals surface area (Å²) >= 11 is 11.4. The predicted octanol–water partition coefficient (Wildman–Crippen LogP) is 4.28. The maximum Gasteiger partial charge on any atom is 0.141 e. The van der Waals surface area contributed by atoms with Crippen molar-refractivity contribution in [1.82, 2.24) is 0 Å². The first-order valence-electron chi connectivity index (χ1n) is 5.69. The number of hydrogen-bond donors (Lipinski definition) is 2. The van der Waals surface area contributed by atoms with Crippen LogP contribution in [0.5, 0.6) is 0 Å². The first-order valence-corrected chi connectivity index (χ1v) is 6.44. The standard InChI is InChI=1S/C14H12Cl2FNO/c15-10-3-1-9(2-4-10)14(19)8-18-11-5-6-13(17)12(16)7-11/h1-7,14,18-19H,8H2. The van der Waals surface area contributed by atoms with Crippen molar-refractivity contribution in [1.29, 1.82) is 0 Å². The van der Waals surface area contributed by atoms with Crippen molar-refractivity contribution in [3.63, 3.8) is 0 Å². The van der Waals surface area contributed by atoms with Gasteiger partial charge in [-0.25, -0.2) is 4.39 Å². The van der Waals surface area contributed by atoms with Gasteiger partial charge in [0, 0.05) is 17.3 Å². The SMILES string of the molecule is OC(CNc1ccc(F)c(Cl)c1)c1ccc(Cl)cc1. The van der Waals surface area contributed by atoms with Crippen LogP contribution in [0.1, 0.15) is 11.7 Å². The van der Waals surface area contributed by atoms with Crippen LogP contribution in [0.3, 0.4) is 0 Å². The van der Waals surface area contributed by atoms with Gasteiger partial charge in [0.1, 0.15) is 5.82 Å². The molecule has 0 heterocycles. The molecule has 0 aromatic heterocycles. The Bertz CT molecular complexity index is 560. The van der Waals surface area contributed by atoms with Gasteiger partial charge in [-0.3, -0.25) is 0 Å². The van der Waals surface area contributed by atoms with Crippen molar-refractivity contribution < 1.29 is 9.50 Å². The van der Waals surface area contributed by atoms with Gasteiger partial charge in [-0.05, 0) is 35.9 Å². The summed E-state index contributed by atoms with van der Waals surface area (Å²) in [7, 11) is 0. The number of rotatable bonds is 4. The second-order valence-corrected chi connectivity index (χ2v) is 4.92. The molecule has 0 spiro atoms. The molecule has 2 nitrogen and oxygen atoms in total. The Kier molecular flexibility index (Phi) is 4.64. The molecule has 19 heavy (non-hydrogen) atoms. The molecule has 0 fully saturated rings. The summed E-state index contributed by atoms with van der Waals surface area (Å²) in [5.41, 5.74) is 1.41. The zero-order valence-electron chi connectivity index (χ0n) is 9.91. The third kappa shape index (κ3) is 3.83. The van der Waals surface area contributed by atoms with Crippen LogP contribution in [-0.4, -0.2) is 11.7 Å². The summed E-state index contributed by atoms with van der Waals surface area (Å²) in [4.78, 5) is 0. The Morgan fingerprint density at radius 1 is 1.11 bits per heavy atom. The van der Waals surface area contributed by atoms with Gasteiger partial charge in [0.15, 0.2) is 0 Å². The Labute approximate surface area is 120 Å². The third-order valence-corrected chi connectivity index (χ3v) is 3.22. The maximum absolute atomic E-state index is 13.0. The fraction of sp³-hybridized carbons (Fsp3) is 0.143. The molecule has 2 aromatic carbocycles. The average Bonchev–Trinajstić information content (AvgIpc) is 2.40. The van der Waals surface area contributed by atoms with Crippen LogP contribution in [0, 0.1) is 5.82 Å². The van der Waals surface area contributed by atoms with Gasteiger partial charge in [0.25, 0.3) is 0 Å². The smallest absolute Gasteiger partial charge is 0.141 e. The van der Waals surface area contributed by atoms with E-state index in [1.54, 1.807) is 30.3 Å². The van der Waals surface area contributed by atoms with Gasteiger partial charge in [0.2, 0.25) is 0 Å². The molecular formula is C14H12Cl2FNO. The lowest BCUT2D eigenvalue weighted by molar-refractivity contribution is 0.191. The predicted molar refractivity (Wildman–Crippen MR) is 76.3 cm³/mol. The highest BCUT2D eigenvalue weighted by molar-refractivity contribution is 6.31. The second-order valence-electron chi connectivity index (χ2n) is 4.08. The summed E-state index contributed by atoms with van der Waals surface area (Å²) in [6.45, 7) is 0.295. The molecule has 0 aliphatic carbocycles. The number of anilines is 1. The number of nitrogens with one attached hydrogen (secondary N) is 1. The summed E-state index contributed by atoms with van der Waals surface area (Å²) in [6, 6.07) is 11.3. The van der Waals surface area contributed by atoms with E-state index < -0.39 is 11.9 Å². The third-order valence-electron chi connectivity index (χ3n) is 2.67. The van der Waals surface area contributed by atoms with Crippen molar-refractivity contribution in [2.24, 2.45) is 0 Å². The highest BCUT2D eigenvalue weighted by Gasteiger charge is 2.07. The Morgan fingerprint density at radius 2 is 1.79 bits per heavy atom. The van der Waals surface area contributed by atoms with E-state index in [0.717, 1.165) is 5.56 Å². The van der Waals surface area contributed by atoms with Crippen LogP contribution in [0.4, 0.5) is 10.1 Å². The molecule has 2 rings (SSSR count). The van der Waals surface area contributed by atoms with Gasteiger partial charge in [-0.15, -0.1) is 0 Å². The topological polar surface area (TPSA) is 32.3 Å². The number of aliphatic hydroxyl groups is 1. The van der Waals surface area contributed by atoms with Crippen LogP contribution in [0.2, 0.25) is 10.0 Å². The molecule has 0 bridgehead atoms. The fourth-order valence-electron chi connectivity index (χ4n) is 1.62. The summed E-state index contributed by atoms with van der Waals surface area (Å²) < 4.78 is 13.0. The average molecular weight is 300 g/mol. The number of hydrogen-bond acceptors (Lipinski definition) is 2. The quantitative estimate of drug-likeness (QED) is 0.883. The summed E-state index contributed by atoms with van der Waals surface area (Å²) in [6.07, 6.45) is -0.680. The molecule has 2 N–H and O–H groups in total. The zero-order valence-corrected chi connectivity index (χ0v) is 11.4. The van der Waals surface area contributed by atoms with Gasteiger partial charge < -0.3 is 10.4 Å². The number of halogens is 3. The molecule has 1 atom stereocenters. The fourth-order valence-corrected chi connectivity index (χ4v) is 1.93. The van der Waals surface area contributed by atoms with E-state index in [2.05, 4.69) is 5.32 Å². The van der Waals surface area contributed by atoms with Crippen LogP contribution >= 0.6 is 23.2 Å². The number of benzene rings is 2. The van der Waals surface area contributed by atoms with Crippen molar-refractivity contribution in [2.75, 3.05) is 11.9 Å². The summed E-state index contributed by atoms with van der Waals surface area (Å²) in [5.74, 6) is -0.467. The molecule has 0 radical (unpaired) electrons. The highest BCUT2D eigenvalue weighted by Crippen LogP contribution is 2.21. The maximum atomic E-state index is 13.0. The van der Waals surface area contributed by atoms with Crippen molar-refractivity contribution >= 4 is 28.9 Å². The van der Waals surface area contributed by atoms with E-state index >= 15 is 0 Å². The van der Waals surface area contributed by atoms with Gasteiger partial charge in [0.05, 0.1) is 11.1 Å². The number of aliphatic hydroxyl groups excluding tert-OH is 1. The largest absolute Gasteiger partial charge is 0.387 e. The minimum atomic E-state index is -0.680. The van der Waals surface area contributed by atoms with Gasteiger partial charge in [-0.1, -0.05) is 35.3 Å². The monoisotopic (exact) mass is 299 g/mol. The van der Waals surface area contributed by atoms with Gasteiger partial charge in [-0.2, -0.15) is 0 Å². The molecule has 2 aromatic rings. The van der Waals surface area contributed by atoms with Crippen LogP contribution in [-0.2, 0) is 0 Å². The highest BCUT2D eigenvalue weighted by atomic mass is 35.5. The molecular weight excluding hydrogens is 288 g/mol. The molecule has 0 amide bonds. The van der Waals surface area contributed by atoms with E-state index in [9.17, 15) is 9.50 Å². The molecule has 1 unspecified atom stereocenters. The van der Waals surface area contributed by atoms with Crippen LogP contribution in [0.15, 0.2) is 42.5 Å². The first-order chi connectivity index (χ1) is 9.06. The second kappa shape index (κ2) is 6.24. The summed E-state index contributed by atoms with van der Waals surface area (Å²) in [5, 5.41) is 13.6. The van der Waals surface area contributed by atoms with E-state index in [1.807, 2.05) is 0 Å². The van der Waals surface area contributed by atoms with Crippen LogP contribution < -0.4 is 5.32 Å². The molecule has 0 saturated heterocycles. The molecule has 0 aliphatic heterocycles. The molecule has 0 saturated carbocycles. The minimum Gasteiger partial charge on any atom is -0.387 e. The van der Waals surface area contributed by atoms with E-state index in [0.29, 0.717) is 17.3 Å². The van der Waals surface area contributed by atoms with E-state index in [1.165, 1.54) is 12.1 Å². The van der Waals surface area contributed by atoms with Gasteiger partial charge >= 0.3 is 0 Å². The Balaban J connectivity index is 1.98. The van der Waals surface area contributed by atoms with Crippen molar-refractivity contribution in [2.45, 2.75) is 6.10 Å². The van der Waals surface area contributed by atoms with Crippen molar-refractivity contribution in [3.05, 3.63) is 63.9 Å². The molecule has 5 heteroatoms. The lowest BCUT2D eigenvalue weighted by atomic mass is 10.1.